The molecule has 0 spiro atoms. The lowest BCUT2D eigenvalue weighted by Gasteiger charge is -2.50. The monoisotopic (exact) mass is 238 g/mol. The number of fused-ring (bicyclic) bond motifs is 2. The standard InChI is InChI=1S/C15H26O2/c1-10-5-8-15(16)12(10)9-11-6-7-14(15,4)17-13(11,2)3/h10-12,16H,5-9H2,1-4H3/t10-,11+,12-,14-,15-/m0/s1. The highest BCUT2D eigenvalue weighted by molar-refractivity contribution is 5.14. The smallest absolute Gasteiger partial charge is 0.0964 e. The number of aliphatic hydroxyl groups is 1. The highest BCUT2D eigenvalue weighted by atomic mass is 16.5. The molecule has 0 aromatic heterocycles. The van der Waals surface area contributed by atoms with Crippen LogP contribution in [-0.4, -0.2) is 21.9 Å². The quantitative estimate of drug-likeness (QED) is 0.702. The highest BCUT2D eigenvalue weighted by Gasteiger charge is 2.64. The summed E-state index contributed by atoms with van der Waals surface area (Å²) in [7, 11) is 0. The number of ether oxygens (including phenoxy) is 1. The van der Waals surface area contributed by atoms with Gasteiger partial charge in [-0.2, -0.15) is 0 Å². The van der Waals surface area contributed by atoms with Crippen LogP contribution in [0.15, 0.2) is 0 Å². The van der Waals surface area contributed by atoms with E-state index in [4.69, 9.17) is 4.74 Å². The van der Waals surface area contributed by atoms with E-state index in [2.05, 4.69) is 27.7 Å². The first-order chi connectivity index (χ1) is 7.79. The van der Waals surface area contributed by atoms with E-state index in [0.717, 1.165) is 25.7 Å². The van der Waals surface area contributed by atoms with E-state index in [9.17, 15) is 5.11 Å². The second-order valence-electron chi connectivity index (χ2n) is 7.45. The van der Waals surface area contributed by atoms with Gasteiger partial charge in [0.1, 0.15) is 0 Å². The molecular formula is C15H26O2. The summed E-state index contributed by atoms with van der Waals surface area (Å²) in [5.41, 5.74) is -0.958. The molecule has 2 aliphatic heterocycles. The molecule has 0 radical (unpaired) electrons. The molecule has 2 heteroatoms. The lowest BCUT2D eigenvalue weighted by Crippen LogP contribution is -2.59. The van der Waals surface area contributed by atoms with Crippen LogP contribution in [-0.2, 0) is 4.74 Å². The molecule has 98 valence electrons. The predicted molar refractivity (Wildman–Crippen MR) is 67.7 cm³/mol. The molecule has 17 heavy (non-hydrogen) atoms. The fourth-order valence-electron chi connectivity index (χ4n) is 4.91. The van der Waals surface area contributed by atoms with Gasteiger partial charge in [-0.15, -0.1) is 0 Å². The highest BCUT2D eigenvalue weighted by Crippen LogP contribution is 2.60. The van der Waals surface area contributed by atoms with Crippen molar-refractivity contribution >= 4 is 0 Å². The Kier molecular flexibility index (Phi) is 2.30. The summed E-state index contributed by atoms with van der Waals surface area (Å²) in [5, 5.41) is 11.2. The predicted octanol–water partition coefficient (Wildman–Crippen LogP) is 3.13. The molecule has 2 aliphatic carbocycles. The number of rotatable bonds is 0. The molecule has 2 saturated heterocycles. The summed E-state index contributed by atoms with van der Waals surface area (Å²) >= 11 is 0. The van der Waals surface area contributed by atoms with Crippen molar-refractivity contribution in [2.45, 2.75) is 76.6 Å². The van der Waals surface area contributed by atoms with Gasteiger partial charge in [-0.05, 0) is 70.6 Å². The fraction of sp³-hybridized carbons (Fsp3) is 1.00. The average molecular weight is 238 g/mol. The van der Waals surface area contributed by atoms with Gasteiger partial charge in [0.15, 0.2) is 0 Å². The second-order valence-corrected chi connectivity index (χ2v) is 7.45. The van der Waals surface area contributed by atoms with Crippen LogP contribution in [0.2, 0.25) is 0 Å². The first-order valence-electron chi connectivity index (χ1n) is 7.21. The van der Waals surface area contributed by atoms with Gasteiger partial charge < -0.3 is 9.84 Å². The van der Waals surface area contributed by atoms with Gasteiger partial charge in [0.2, 0.25) is 0 Å². The van der Waals surface area contributed by atoms with Crippen molar-refractivity contribution in [2.75, 3.05) is 0 Å². The summed E-state index contributed by atoms with van der Waals surface area (Å²) in [5.74, 6) is 1.72. The molecule has 0 aromatic rings. The Morgan fingerprint density at radius 2 is 1.82 bits per heavy atom. The SMILES string of the molecule is C[C@H]1CC[C@]2(O)[C@H]1C[C@H]1CC[C@]2(C)OC1(C)C. The summed E-state index contributed by atoms with van der Waals surface area (Å²) in [4.78, 5) is 0. The average Bonchev–Trinajstić information content (AvgIpc) is 2.41. The zero-order valence-corrected chi connectivity index (χ0v) is 11.6. The largest absolute Gasteiger partial charge is 0.387 e. The Hall–Kier alpha value is -0.0800. The molecule has 0 unspecified atom stereocenters. The molecule has 2 saturated carbocycles. The van der Waals surface area contributed by atoms with Crippen molar-refractivity contribution in [3.05, 3.63) is 0 Å². The minimum absolute atomic E-state index is 0.0627. The first-order valence-corrected chi connectivity index (χ1v) is 7.21. The number of hydrogen-bond donors (Lipinski definition) is 1. The Labute approximate surface area is 105 Å². The summed E-state index contributed by atoms with van der Waals surface area (Å²) < 4.78 is 6.40. The number of hydrogen-bond acceptors (Lipinski definition) is 2. The third-order valence-electron chi connectivity index (χ3n) is 6.18. The van der Waals surface area contributed by atoms with E-state index in [0.29, 0.717) is 17.8 Å². The van der Waals surface area contributed by atoms with Crippen LogP contribution in [0.3, 0.4) is 0 Å². The van der Waals surface area contributed by atoms with Crippen molar-refractivity contribution in [1.82, 2.24) is 0 Å². The lowest BCUT2D eigenvalue weighted by molar-refractivity contribution is -0.249. The molecule has 1 N–H and O–H groups in total. The minimum atomic E-state index is -0.574. The molecule has 2 bridgehead atoms. The van der Waals surface area contributed by atoms with Crippen LogP contribution in [0.4, 0.5) is 0 Å². The van der Waals surface area contributed by atoms with Crippen LogP contribution >= 0.6 is 0 Å². The van der Waals surface area contributed by atoms with E-state index in [1.165, 1.54) is 6.42 Å². The van der Waals surface area contributed by atoms with Gasteiger partial charge in [0, 0.05) is 0 Å². The van der Waals surface area contributed by atoms with Gasteiger partial charge in [-0.1, -0.05) is 6.92 Å². The Morgan fingerprint density at radius 3 is 2.47 bits per heavy atom. The Bertz CT molecular complexity index is 338. The molecule has 4 aliphatic rings. The maximum Gasteiger partial charge on any atom is 0.0964 e. The maximum atomic E-state index is 11.2. The zero-order valence-electron chi connectivity index (χ0n) is 11.6. The van der Waals surface area contributed by atoms with E-state index in [1.54, 1.807) is 0 Å². The molecule has 0 aromatic carbocycles. The maximum absolute atomic E-state index is 11.2. The van der Waals surface area contributed by atoms with Gasteiger partial charge in [-0.25, -0.2) is 0 Å². The molecule has 2 nitrogen and oxygen atoms in total. The van der Waals surface area contributed by atoms with E-state index >= 15 is 0 Å². The molecule has 0 amide bonds. The zero-order chi connectivity index (χ0) is 12.5. The normalized spacial score (nSPS) is 56.6. The van der Waals surface area contributed by atoms with Crippen molar-refractivity contribution in [1.29, 1.82) is 0 Å². The van der Waals surface area contributed by atoms with E-state index < -0.39 is 5.60 Å². The van der Waals surface area contributed by atoms with E-state index in [-0.39, 0.29) is 11.2 Å². The van der Waals surface area contributed by atoms with Gasteiger partial charge >= 0.3 is 0 Å². The Balaban J connectivity index is 2.07. The van der Waals surface area contributed by atoms with Crippen molar-refractivity contribution < 1.29 is 9.84 Å². The van der Waals surface area contributed by atoms with Gasteiger partial charge in [0.25, 0.3) is 0 Å². The summed E-state index contributed by atoms with van der Waals surface area (Å²) in [6, 6.07) is 0. The molecule has 4 fully saturated rings. The molecule has 5 atom stereocenters. The van der Waals surface area contributed by atoms with Crippen LogP contribution < -0.4 is 0 Å². The summed E-state index contributed by atoms with van der Waals surface area (Å²) in [6.07, 6.45) is 5.49. The molecular weight excluding hydrogens is 212 g/mol. The van der Waals surface area contributed by atoms with Crippen LogP contribution in [0.5, 0.6) is 0 Å². The third-order valence-corrected chi connectivity index (χ3v) is 6.18. The summed E-state index contributed by atoms with van der Waals surface area (Å²) in [6.45, 7) is 8.89. The first kappa shape index (κ1) is 12.0. The van der Waals surface area contributed by atoms with Crippen molar-refractivity contribution in [3.8, 4) is 0 Å². The van der Waals surface area contributed by atoms with Crippen LogP contribution in [0.25, 0.3) is 0 Å². The van der Waals surface area contributed by atoms with Crippen molar-refractivity contribution in [3.63, 3.8) is 0 Å². The minimum Gasteiger partial charge on any atom is -0.387 e. The second kappa shape index (κ2) is 3.27. The lowest BCUT2D eigenvalue weighted by atomic mass is 9.74. The van der Waals surface area contributed by atoms with Gasteiger partial charge in [-0.3, -0.25) is 0 Å². The molecule has 2 heterocycles. The Morgan fingerprint density at radius 1 is 1.12 bits per heavy atom. The van der Waals surface area contributed by atoms with Crippen LogP contribution in [0, 0.1) is 17.8 Å². The fourth-order valence-corrected chi connectivity index (χ4v) is 4.91. The van der Waals surface area contributed by atoms with Gasteiger partial charge in [0.05, 0.1) is 16.8 Å². The molecule has 4 rings (SSSR count). The third kappa shape index (κ3) is 1.40. The van der Waals surface area contributed by atoms with E-state index in [1.807, 2.05) is 0 Å². The van der Waals surface area contributed by atoms with Crippen molar-refractivity contribution in [2.24, 2.45) is 17.8 Å². The van der Waals surface area contributed by atoms with Crippen LogP contribution in [0.1, 0.15) is 59.8 Å². The topological polar surface area (TPSA) is 29.5 Å².